The van der Waals surface area contributed by atoms with Gasteiger partial charge in [-0.3, -0.25) is 4.79 Å². The van der Waals surface area contributed by atoms with Crippen LogP contribution in [0, 0.1) is 5.92 Å². The van der Waals surface area contributed by atoms with Crippen molar-refractivity contribution < 1.29 is 14.0 Å². The maximum Gasteiger partial charge on any atom is 0.308 e. The summed E-state index contributed by atoms with van der Waals surface area (Å²) in [5.74, 6) is 2.02. The fourth-order valence-electron chi connectivity index (χ4n) is 5.54. The van der Waals surface area contributed by atoms with E-state index in [2.05, 4.69) is 96.2 Å². The van der Waals surface area contributed by atoms with Crippen LogP contribution in [-0.4, -0.2) is 36.2 Å². The zero-order valence-corrected chi connectivity index (χ0v) is 22.5. The molecular formula is C28H37N3O3Si. The lowest BCUT2D eigenvalue weighted by molar-refractivity contribution is -0.146. The van der Waals surface area contributed by atoms with Crippen molar-refractivity contribution in [3.05, 3.63) is 72.3 Å². The van der Waals surface area contributed by atoms with Crippen LogP contribution in [0.5, 0.6) is 0 Å². The first kappa shape index (κ1) is 25.3. The average Bonchev–Trinajstić information content (AvgIpc) is 3.24. The van der Waals surface area contributed by atoms with Gasteiger partial charge in [-0.2, -0.15) is 0 Å². The minimum Gasteiger partial charge on any atom is -0.469 e. The molecule has 7 heteroatoms. The molecule has 0 saturated heterocycles. The number of methoxy groups -OCH3 is 1. The van der Waals surface area contributed by atoms with Crippen molar-refractivity contribution in [2.24, 2.45) is 13.0 Å². The summed E-state index contributed by atoms with van der Waals surface area (Å²) >= 11 is 0. The quantitative estimate of drug-likeness (QED) is 0.363. The second-order valence-electron chi connectivity index (χ2n) is 10.6. The summed E-state index contributed by atoms with van der Waals surface area (Å²) in [6, 6.07) is 21.3. The Morgan fingerprint density at radius 2 is 1.49 bits per heavy atom. The zero-order chi connectivity index (χ0) is 25.1. The third kappa shape index (κ3) is 4.97. The second kappa shape index (κ2) is 10.5. The number of carbonyl (C=O) groups is 1. The molecule has 1 aliphatic carbocycles. The van der Waals surface area contributed by atoms with Gasteiger partial charge in [0.1, 0.15) is 5.82 Å². The molecule has 35 heavy (non-hydrogen) atoms. The minimum atomic E-state index is -2.64. The Kier molecular flexibility index (Phi) is 7.57. The molecule has 1 aromatic heterocycles. The molecule has 2 aromatic carbocycles. The van der Waals surface area contributed by atoms with Crippen LogP contribution in [0.4, 0.5) is 0 Å². The molecule has 0 spiro atoms. The van der Waals surface area contributed by atoms with Gasteiger partial charge < -0.3 is 13.7 Å². The topological polar surface area (TPSA) is 66.2 Å². The first-order valence-electron chi connectivity index (χ1n) is 12.5. The summed E-state index contributed by atoms with van der Waals surface area (Å²) in [6.45, 7) is 7.23. The van der Waals surface area contributed by atoms with E-state index in [4.69, 9.17) is 9.16 Å². The number of benzene rings is 2. The largest absolute Gasteiger partial charge is 0.469 e. The van der Waals surface area contributed by atoms with Crippen LogP contribution in [0.2, 0.25) is 5.04 Å². The van der Waals surface area contributed by atoms with Gasteiger partial charge in [0.15, 0.2) is 5.82 Å². The standard InChI is InChI=1S/C28H37N3O3Si/c1-28(2,3)35(23-12-8-6-9-13-23,24-14-10-7-11-15-24)34-20-25-29-30-26(31(25)4)21-16-18-22(19-17-21)27(32)33-5/h6-15,21-22H,16-20H2,1-5H3/t21-,22-. The molecule has 0 N–H and O–H groups in total. The molecule has 0 unspecified atom stereocenters. The Morgan fingerprint density at radius 1 is 0.943 bits per heavy atom. The number of ether oxygens (including phenoxy) is 1. The van der Waals surface area contributed by atoms with Gasteiger partial charge in [0.2, 0.25) is 0 Å². The number of nitrogens with zero attached hydrogens (tertiary/aromatic N) is 3. The maximum atomic E-state index is 11.9. The number of esters is 1. The van der Waals surface area contributed by atoms with Gasteiger partial charge in [0.05, 0.1) is 19.6 Å². The Bertz CT molecular complexity index is 1080. The van der Waals surface area contributed by atoms with Crippen LogP contribution < -0.4 is 10.4 Å². The molecule has 1 heterocycles. The van der Waals surface area contributed by atoms with Crippen LogP contribution in [-0.2, 0) is 27.6 Å². The van der Waals surface area contributed by atoms with Crippen molar-refractivity contribution in [3.8, 4) is 0 Å². The third-order valence-corrected chi connectivity index (χ3v) is 12.4. The highest BCUT2D eigenvalue weighted by Crippen LogP contribution is 2.38. The second-order valence-corrected chi connectivity index (χ2v) is 14.9. The van der Waals surface area contributed by atoms with E-state index in [1.807, 2.05) is 7.05 Å². The Hall–Kier alpha value is -2.77. The summed E-state index contributed by atoms with van der Waals surface area (Å²) < 4.78 is 14.1. The van der Waals surface area contributed by atoms with E-state index >= 15 is 0 Å². The summed E-state index contributed by atoms with van der Waals surface area (Å²) in [5, 5.41) is 11.5. The lowest BCUT2D eigenvalue weighted by Crippen LogP contribution is -2.66. The SMILES string of the molecule is COC(=O)[C@H]1CC[C@H](c2nnc(CO[Si](c3ccccc3)(c3ccccc3)C(C)(C)C)n2C)CC1. The molecule has 0 amide bonds. The maximum absolute atomic E-state index is 11.9. The Balaban J connectivity index is 1.60. The average molecular weight is 492 g/mol. The van der Waals surface area contributed by atoms with E-state index in [-0.39, 0.29) is 16.9 Å². The predicted octanol–water partition coefficient (Wildman–Crippen LogP) is 4.34. The fraction of sp³-hybridized carbons (Fsp3) is 0.464. The first-order valence-corrected chi connectivity index (χ1v) is 14.4. The molecule has 3 aromatic rings. The molecule has 0 aliphatic heterocycles. The van der Waals surface area contributed by atoms with Gasteiger partial charge in [-0.1, -0.05) is 81.4 Å². The molecule has 0 bridgehead atoms. The van der Waals surface area contributed by atoms with Gasteiger partial charge >= 0.3 is 5.97 Å². The highest BCUT2D eigenvalue weighted by molar-refractivity contribution is 6.99. The molecule has 4 rings (SSSR count). The number of hydrogen-bond donors (Lipinski definition) is 0. The van der Waals surface area contributed by atoms with Gasteiger partial charge in [-0.25, -0.2) is 0 Å². The molecule has 1 fully saturated rings. The predicted molar refractivity (Wildman–Crippen MR) is 140 cm³/mol. The van der Waals surface area contributed by atoms with Crippen molar-refractivity contribution in [3.63, 3.8) is 0 Å². The normalized spacial score (nSPS) is 18.9. The molecule has 1 aliphatic rings. The monoisotopic (exact) mass is 491 g/mol. The van der Waals surface area contributed by atoms with E-state index in [1.165, 1.54) is 17.5 Å². The first-order chi connectivity index (χ1) is 16.8. The number of carbonyl (C=O) groups excluding carboxylic acids is 1. The van der Waals surface area contributed by atoms with E-state index in [0.29, 0.717) is 12.5 Å². The number of hydrogen-bond acceptors (Lipinski definition) is 5. The number of rotatable bonds is 7. The van der Waals surface area contributed by atoms with Crippen LogP contribution in [0.25, 0.3) is 0 Å². The Labute approximate surface area is 209 Å². The van der Waals surface area contributed by atoms with E-state index in [9.17, 15) is 4.79 Å². The lowest BCUT2D eigenvalue weighted by atomic mass is 9.81. The third-order valence-electron chi connectivity index (χ3n) is 7.46. The van der Waals surface area contributed by atoms with Crippen LogP contribution in [0.1, 0.15) is 64.0 Å². The summed E-state index contributed by atoms with van der Waals surface area (Å²) in [7, 11) is 0.857. The summed E-state index contributed by atoms with van der Waals surface area (Å²) in [6.07, 6.45) is 3.50. The van der Waals surface area contributed by atoms with Gasteiger partial charge in [-0.05, 0) is 41.1 Å². The van der Waals surface area contributed by atoms with Crippen molar-refractivity contribution in [1.82, 2.24) is 14.8 Å². The summed E-state index contributed by atoms with van der Waals surface area (Å²) in [5.41, 5.74) is 0. The Morgan fingerprint density at radius 3 is 1.97 bits per heavy atom. The van der Waals surface area contributed by atoms with Crippen LogP contribution in [0.3, 0.4) is 0 Å². The molecule has 6 nitrogen and oxygen atoms in total. The van der Waals surface area contributed by atoms with E-state index in [1.54, 1.807) is 0 Å². The van der Waals surface area contributed by atoms with Crippen molar-refractivity contribution in [2.75, 3.05) is 7.11 Å². The zero-order valence-electron chi connectivity index (χ0n) is 21.5. The van der Waals surface area contributed by atoms with Crippen molar-refractivity contribution in [2.45, 2.75) is 64.0 Å². The molecule has 1 saturated carbocycles. The van der Waals surface area contributed by atoms with E-state index < -0.39 is 8.32 Å². The summed E-state index contributed by atoms with van der Waals surface area (Å²) in [4.78, 5) is 11.9. The van der Waals surface area contributed by atoms with Gasteiger partial charge in [0.25, 0.3) is 8.32 Å². The lowest BCUT2D eigenvalue weighted by Gasteiger charge is -2.42. The highest BCUT2D eigenvalue weighted by Gasteiger charge is 2.50. The molecule has 0 atom stereocenters. The fourth-order valence-corrected chi connectivity index (χ4v) is 10.0. The van der Waals surface area contributed by atoms with Crippen molar-refractivity contribution in [1.29, 1.82) is 0 Å². The van der Waals surface area contributed by atoms with Gasteiger partial charge in [-0.15, -0.1) is 10.2 Å². The van der Waals surface area contributed by atoms with Gasteiger partial charge in [0, 0.05) is 13.0 Å². The highest BCUT2D eigenvalue weighted by atomic mass is 28.4. The van der Waals surface area contributed by atoms with Crippen LogP contribution in [0.15, 0.2) is 60.7 Å². The smallest absolute Gasteiger partial charge is 0.308 e. The molecular weight excluding hydrogens is 454 g/mol. The number of aromatic nitrogens is 3. The van der Waals surface area contributed by atoms with Crippen molar-refractivity contribution >= 4 is 24.7 Å². The van der Waals surface area contributed by atoms with Crippen LogP contribution >= 0.6 is 0 Å². The molecule has 186 valence electrons. The molecule has 0 radical (unpaired) electrons. The van der Waals surface area contributed by atoms with E-state index in [0.717, 1.165) is 37.3 Å². The minimum absolute atomic E-state index is 0.00225.